The molecule has 108 valence electrons. The molecule has 1 aliphatic rings. The van der Waals surface area contributed by atoms with E-state index in [2.05, 4.69) is 36.0 Å². The average molecular weight is 283 g/mol. The monoisotopic (exact) mass is 283 g/mol. The van der Waals surface area contributed by atoms with Crippen molar-refractivity contribution < 1.29 is 4.74 Å². The number of thiazole rings is 1. The molecule has 2 rings (SSSR count). The highest BCUT2D eigenvalue weighted by Gasteiger charge is 2.24. The summed E-state index contributed by atoms with van der Waals surface area (Å²) >= 11 is 1.76. The van der Waals surface area contributed by atoms with E-state index in [9.17, 15) is 0 Å². The average Bonchev–Trinajstić information content (AvgIpc) is 2.76. The molecule has 0 radical (unpaired) electrons. The first-order valence-electron chi connectivity index (χ1n) is 7.10. The van der Waals surface area contributed by atoms with Crippen molar-refractivity contribution in [2.24, 2.45) is 5.73 Å². The van der Waals surface area contributed by atoms with Gasteiger partial charge in [0.15, 0.2) is 0 Å². The van der Waals surface area contributed by atoms with Gasteiger partial charge in [0, 0.05) is 37.4 Å². The number of morpholine rings is 1. The zero-order chi connectivity index (χ0) is 13.8. The zero-order valence-corrected chi connectivity index (χ0v) is 12.9. The Labute approximate surface area is 120 Å². The topological polar surface area (TPSA) is 51.4 Å². The Bertz CT molecular complexity index is 386. The summed E-state index contributed by atoms with van der Waals surface area (Å²) in [7, 11) is 0. The van der Waals surface area contributed by atoms with E-state index in [0.717, 1.165) is 31.7 Å². The summed E-state index contributed by atoms with van der Waals surface area (Å²) in [6.45, 7) is 10.3. The Morgan fingerprint density at radius 3 is 2.79 bits per heavy atom. The second-order valence-electron chi connectivity index (χ2n) is 5.59. The molecule has 1 saturated heterocycles. The fraction of sp³-hybridized carbons (Fsp3) is 0.786. The minimum atomic E-state index is 0.333. The maximum Gasteiger partial charge on any atom is 0.0969 e. The molecule has 0 aliphatic carbocycles. The first-order chi connectivity index (χ1) is 9.08. The van der Waals surface area contributed by atoms with Crippen LogP contribution in [0.4, 0.5) is 0 Å². The van der Waals surface area contributed by atoms with Gasteiger partial charge >= 0.3 is 0 Å². The van der Waals surface area contributed by atoms with Gasteiger partial charge in [0.1, 0.15) is 0 Å². The standard InChI is InChI=1S/C14H25N3OS/c1-10(14-16-13(4-5-15)9-19-14)6-17-7-11(2)18-12(3)8-17/h9-12H,4-8,15H2,1-3H3. The molecule has 3 atom stereocenters. The molecule has 5 heteroatoms. The molecular formula is C14H25N3OS. The van der Waals surface area contributed by atoms with Crippen molar-refractivity contribution in [2.75, 3.05) is 26.2 Å². The molecule has 0 spiro atoms. The SMILES string of the molecule is CC1CN(CC(C)c2nc(CCN)cs2)CC(C)O1. The Morgan fingerprint density at radius 2 is 2.16 bits per heavy atom. The fourth-order valence-corrected chi connectivity index (χ4v) is 3.61. The Morgan fingerprint density at radius 1 is 1.47 bits per heavy atom. The molecule has 0 saturated carbocycles. The van der Waals surface area contributed by atoms with Gasteiger partial charge in [-0.25, -0.2) is 4.98 Å². The number of ether oxygens (including phenoxy) is 1. The number of hydrogen-bond donors (Lipinski definition) is 1. The Hall–Kier alpha value is -0.490. The van der Waals surface area contributed by atoms with Gasteiger partial charge in [0.05, 0.1) is 22.9 Å². The molecular weight excluding hydrogens is 258 g/mol. The second-order valence-corrected chi connectivity index (χ2v) is 6.48. The quantitative estimate of drug-likeness (QED) is 0.896. The number of rotatable bonds is 5. The summed E-state index contributed by atoms with van der Waals surface area (Å²) < 4.78 is 5.77. The molecule has 2 heterocycles. The molecule has 0 aromatic carbocycles. The van der Waals surface area contributed by atoms with Gasteiger partial charge < -0.3 is 10.5 Å². The zero-order valence-electron chi connectivity index (χ0n) is 12.1. The van der Waals surface area contributed by atoms with Crippen molar-refractivity contribution in [3.8, 4) is 0 Å². The molecule has 4 nitrogen and oxygen atoms in total. The first-order valence-corrected chi connectivity index (χ1v) is 7.98. The van der Waals surface area contributed by atoms with Crippen molar-refractivity contribution in [2.45, 2.75) is 45.3 Å². The molecule has 1 fully saturated rings. The van der Waals surface area contributed by atoms with E-state index in [1.54, 1.807) is 11.3 Å². The van der Waals surface area contributed by atoms with Gasteiger partial charge in [-0.15, -0.1) is 11.3 Å². The third-order valence-corrected chi connectivity index (χ3v) is 4.54. The molecule has 1 aliphatic heterocycles. The van der Waals surface area contributed by atoms with E-state index in [-0.39, 0.29) is 0 Å². The summed E-state index contributed by atoms with van der Waals surface area (Å²) in [5.74, 6) is 0.481. The van der Waals surface area contributed by atoms with Crippen LogP contribution in [0.5, 0.6) is 0 Å². The molecule has 3 unspecified atom stereocenters. The maximum absolute atomic E-state index is 5.77. The van der Waals surface area contributed by atoms with Crippen LogP contribution in [0.3, 0.4) is 0 Å². The maximum atomic E-state index is 5.77. The minimum absolute atomic E-state index is 0.333. The van der Waals surface area contributed by atoms with Crippen molar-refractivity contribution >= 4 is 11.3 Å². The van der Waals surface area contributed by atoms with Gasteiger partial charge in [-0.2, -0.15) is 0 Å². The lowest BCUT2D eigenvalue weighted by Gasteiger charge is -2.36. The third kappa shape index (κ3) is 4.24. The summed E-state index contributed by atoms with van der Waals surface area (Å²) in [4.78, 5) is 7.18. The van der Waals surface area contributed by atoms with Crippen LogP contribution in [0.15, 0.2) is 5.38 Å². The molecule has 0 amide bonds. The molecule has 19 heavy (non-hydrogen) atoms. The Kier molecular flexibility index (Phi) is 5.33. The van der Waals surface area contributed by atoms with Crippen LogP contribution in [0.1, 0.15) is 37.4 Å². The van der Waals surface area contributed by atoms with Crippen molar-refractivity contribution in [3.05, 3.63) is 16.1 Å². The minimum Gasteiger partial charge on any atom is -0.373 e. The fourth-order valence-electron chi connectivity index (χ4n) is 2.71. The highest BCUT2D eigenvalue weighted by atomic mass is 32.1. The molecule has 0 bridgehead atoms. The smallest absolute Gasteiger partial charge is 0.0969 e. The highest BCUT2D eigenvalue weighted by molar-refractivity contribution is 7.09. The van der Waals surface area contributed by atoms with Gasteiger partial charge in [-0.3, -0.25) is 4.90 Å². The second kappa shape index (κ2) is 6.79. The van der Waals surface area contributed by atoms with Crippen LogP contribution in [0, 0.1) is 0 Å². The molecule has 1 aromatic heterocycles. The summed E-state index contributed by atoms with van der Waals surface area (Å²) in [5.41, 5.74) is 6.71. The highest BCUT2D eigenvalue weighted by Crippen LogP contribution is 2.23. The largest absolute Gasteiger partial charge is 0.373 e. The van der Waals surface area contributed by atoms with Crippen molar-refractivity contribution in [1.29, 1.82) is 0 Å². The van der Waals surface area contributed by atoms with Gasteiger partial charge in [0.2, 0.25) is 0 Å². The van der Waals surface area contributed by atoms with Gasteiger partial charge in [-0.05, 0) is 20.4 Å². The Balaban J connectivity index is 1.90. The summed E-state index contributed by atoms with van der Waals surface area (Å²) in [6.07, 6.45) is 1.55. The van der Waals surface area contributed by atoms with Gasteiger partial charge in [-0.1, -0.05) is 6.92 Å². The predicted octanol–water partition coefficient (Wildman–Crippen LogP) is 1.86. The molecule has 1 aromatic rings. The summed E-state index contributed by atoms with van der Waals surface area (Å²) in [5, 5.41) is 3.37. The van der Waals surface area contributed by atoms with E-state index in [1.807, 2.05) is 0 Å². The number of aromatic nitrogens is 1. The van der Waals surface area contributed by atoms with E-state index < -0.39 is 0 Å². The van der Waals surface area contributed by atoms with Gasteiger partial charge in [0.25, 0.3) is 0 Å². The van der Waals surface area contributed by atoms with Crippen LogP contribution in [0.2, 0.25) is 0 Å². The number of nitrogens with zero attached hydrogens (tertiary/aromatic N) is 2. The van der Waals surface area contributed by atoms with E-state index in [0.29, 0.717) is 24.7 Å². The number of nitrogens with two attached hydrogens (primary N) is 1. The van der Waals surface area contributed by atoms with Crippen LogP contribution >= 0.6 is 11.3 Å². The van der Waals surface area contributed by atoms with E-state index in [4.69, 9.17) is 10.5 Å². The van der Waals surface area contributed by atoms with E-state index >= 15 is 0 Å². The third-order valence-electron chi connectivity index (χ3n) is 3.42. The van der Waals surface area contributed by atoms with Crippen molar-refractivity contribution in [3.63, 3.8) is 0 Å². The van der Waals surface area contributed by atoms with Crippen LogP contribution in [0.25, 0.3) is 0 Å². The van der Waals surface area contributed by atoms with E-state index in [1.165, 1.54) is 5.01 Å². The van der Waals surface area contributed by atoms with Crippen LogP contribution in [-0.4, -0.2) is 48.3 Å². The first kappa shape index (κ1) is 14.9. The molecule has 2 N–H and O–H groups in total. The lowest BCUT2D eigenvalue weighted by atomic mass is 10.1. The predicted molar refractivity (Wildman–Crippen MR) is 79.7 cm³/mol. The van der Waals surface area contributed by atoms with Crippen molar-refractivity contribution in [1.82, 2.24) is 9.88 Å². The summed E-state index contributed by atoms with van der Waals surface area (Å²) in [6, 6.07) is 0. The lowest BCUT2D eigenvalue weighted by molar-refractivity contribution is -0.0689. The lowest BCUT2D eigenvalue weighted by Crippen LogP contribution is -2.46. The van der Waals surface area contributed by atoms with Crippen LogP contribution in [-0.2, 0) is 11.2 Å². The van der Waals surface area contributed by atoms with Crippen LogP contribution < -0.4 is 5.73 Å². The number of hydrogen-bond acceptors (Lipinski definition) is 5. The normalized spacial score (nSPS) is 26.5.